The molecule has 0 fully saturated rings. The van der Waals surface area contributed by atoms with Gasteiger partial charge >= 0.3 is 0 Å². The third-order valence-electron chi connectivity index (χ3n) is 3.81. The second kappa shape index (κ2) is 9.52. The summed E-state index contributed by atoms with van der Waals surface area (Å²) in [7, 11) is 0. The Morgan fingerprint density at radius 1 is 1.18 bits per heavy atom. The van der Waals surface area contributed by atoms with Gasteiger partial charge in [-0.05, 0) is 24.6 Å². The molecule has 0 radical (unpaired) electrons. The Morgan fingerprint density at radius 2 is 1.86 bits per heavy atom. The van der Waals surface area contributed by atoms with Crippen LogP contribution < -0.4 is 16.2 Å². The number of nitrogens with one attached hydrogen (secondary N) is 3. The summed E-state index contributed by atoms with van der Waals surface area (Å²) in [5.41, 5.74) is 6.00. The molecule has 8 nitrogen and oxygen atoms in total. The molecule has 0 bridgehead atoms. The van der Waals surface area contributed by atoms with Gasteiger partial charge in [-0.2, -0.15) is 0 Å². The van der Waals surface area contributed by atoms with Crippen LogP contribution in [0.4, 0.5) is 5.69 Å². The van der Waals surface area contributed by atoms with Gasteiger partial charge in [0.05, 0.1) is 17.4 Å². The number of carbonyl (C=O) groups excluding carboxylic acids is 2. The quantitative estimate of drug-likeness (QED) is 0.463. The lowest BCUT2D eigenvalue weighted by Crippen LogP contribution is -2.38. The molecule has 0 aromatic heterocycles. The van der Waals surface area contributed by atoms with E-state index < -0.39 is 10.8 Å². The molecule has 146 valence electrons. The molecule has 0 aliphatic rings. The Hall–Kier alpha value is -3.39. The van der Waals surface area contributed by atoms with Crippen LogP contribution in [0.25, 0.3) is 0 Å². The normalized spacial score (nSPS) is 11.2. The second-order valence-electron chi connectivity index (χ2n) is 5.98. The van der Waals surface area contributed by atoms with Crippen molar-refractivity contribution >= 4 is 29.1 Å². The summed E-state index contributed by atoms with van der Waals surface area (Å²) in [4.78, 5) is 34.3. The van der Waals surface area contributed by atoms with E-state index in [-0.39, 0.29) is 40.3 Å². The van der Waals surface area contributed by atoms with Crippen molar-refractivity contribution < 1.29 is 14.5 Å². The molecule has 1 atom stereocenters. The van der Waals surface area contributed by atoms with E-state index in [0.29, 0.717) is 0 Å². The average Bonchev–Trinajstić information content (AvgIpc) is 2.66. The topological polar surface area (TPSA) is 113 Å². The SMILES string of the molecule is C=C(CC(=O)NC(C)c1ccccc1)NNC(=O)c1ccc([N+](=O)[O-])c(Cl)c1. The van der Waals surface area contributed by atoms with Crippen molar-refractivity contribution in [2.75, 3.05) is 0 Å². The highest BCUT2D eigenvalue weighted by atomic mass is 35.5. The zero-order valence-corrected chi connectivity index (χ0v) is 15.8. The molecule has 0 aliphatic heterocycles. The summed E-state index contributed by atoms with van der Waals surface area (Å²) in [6.07, 6.45) is -0.0432. The predicted octanol–water partition coefficient (Wildman–Crippen LogP) is 3.26. The molecule has 0 heterocycles. The molecule has 1 unspecified atom stereocenters. The van der Waals surface area contributed by atoms with Crippen LogP contribution in [0.5, 0.6) is 0 Å². The van der Waals surface area contributed by atoms with E-state index >= 15 is 0 Å². The number of hydrazine groups is 1. The van der Waals surface area contributed by atoms with E-state index in [1.54, 1.807) is 0 Å². The Kier molecular flexibility index (Phi) is 7.11. The lowest BCUT2D eigenvalue weighted by Gasteiger charge is -2.16. The van der Waals surface area contributed by atoms with E-state index in [9.17, 15) is 19.7 Å². The van der Waals surface area contributed by atoms with Gasteiger partial charge in [0.2, 0.25) is 5.91 Å². The third kappa shape index (κ3) is 5.82. The number of hydrogen-bond acceptors (Lipinski definition) is 5. The minimum Gasteiger partial charge on any atom is -0.349 e. The first-order chi connectivity index (χ1) is 13.3. The van der Waals surface area contributed by atoms with Crippen molar-refractivity contribution in [2.24, 2.45) is 0 Å². The number of nitro benzene ring substituents is 1. The van der Waals surface area contributed by atoms with Crippen molar-refractivity contribution in [1.82, 2.24) is 16.2 Å². The fourth-order valence-corrected chi connectivity index (χ4v) is 2.62. The Labute approximate surface area is 166 Å². The Morgan fingerprint density at radius 3 is 2.46 bits per heavy atom. The van der Waals surface area contributed by atoms with Gasteiger partial charge in [0, 0.05) is 17.3 Å². The Balaban J connectivity index is 1.83. The minimum absolute atomic E-state index is 0.0432. The molecule has 28 heavy (non-hydrogen) atoms. The van der Waals surface area contributed by atoms with E-state index in [0.717, 1.165) is 11.6 Å². The van der Waals surface area contributed by atoms with Crippen molar-refractivity contribution in [2.45, 2.75) is 19.4 Å². The molecule has 0 spiro atoms. The summed E-state index contributed by atoms with van der Waals surface area (Å²) < 4.78 is 0. The van der Waals surface area contributed by atoms with Gasteiger partial charge in [-0.15, -0.1) is 0 Å². The molecular weight excluding hydrogens is 384 g/mol. The molecule has 2 aromatic carbocycles. The fraction of sp³-hybridized carbons (Fsp3) is 0.158. The predicted molar refractivity (Wildman–Crippen MR) is 105 cm³/mol. The molecule has 0 saturated heterocycles. The monoisotopic (exact) mass is 402 g/mol. The minimum atomic E-state index is -0.640. The molecular formula is C19H19ClN4O4. The van der Waals surface area contributed by atoms with Gasteiger partial charge in [-0.25, -0.2) is 0 Å². The standard InChI is InChI=1S/C19H19ClN4O4/c1-12(10-18(25)21-13(2)14-6-4-3-5-7-14)22-23-19(26)15-8-9-17(24(27)28)16(20)11-15/h3-9,11,13,22H,1,10H2,2H3,(H,21,25)(H,23,26). The molecule has 0 saturated carbocycles. The zero-order valence-electron chi connectivity index (χ0n) is 15.1. The van der Waals surface area contributed by atoms with Gasteiger partial charge in [0.25, 0.3) is 11.6 Å². The highest BCUT2D eigenvalue weighted by Gasteiger charge is 2.16. The van der Waals surface area contributed by atoms with Gasteiger partial charge in [-0.3, -0.25) is 25.1 Å². The number of halogens is 1. The number of nitro groups is 1. The van der Waals surface area contributed by atoms with Crippen molar-refractivity contribution in [1.29, 1.82) is 0 Å². The number of hydrogen-bond donors (Lipinski definition) is 3. The van der Waals surface area contributed by atoms with Crippen LogP contribution in [0, 0.1) is 10.1 Å². The summed E-state index contributed by atoms with van der Waals surface area (Å²) in [5.74, 6) is -0.836. The van der Waals surface area contributed by atoms with Crippen molar-refractivity contribution in [3.05, 3.63) is 87.1 Å². The van der Waals surface area contributed by atoms with Crippen LogP contribution in [0.15, 0.2) is 60.8 Å². The highest BCUT2D eigenvalue weighted by molar-refractivity contribution is 6.33. The maximum Gasteiger partial charge on any atom is 0.287 e. The number of benzene rings is 2. The number of rotatable bonds is 8. The molecule has 9 heteroatoms. The summed E-state index contributed by atoms with van der Waals surface area (Å²) >= 11 is 5.79. The van der Waals surface area contributed by atoms with Crippen LogP contribution in [-0.2, 0) is 4.79 Å². The number of nitrogens with zero attached hydrogens (tertiary/aromatic N) is 1. The molecule has 3 N–H and O–H groups in total. The smallest absolute Gasteiger partial charge is 0.287 e. The maximum atomic E-state index is 12.1. The van der Waals surface area contributed by atoms with Gasteiger partial charge in [0.15, 0.2) is 0 Å². The average molecular weight is 403 g/mol. The van der Waals surface area contributed by atoms with Crippen molar-refractivity contribution in [3.63, 3.8) is 0 Å². The number of amides is 2. The van der Waals surface area contributed by atoms with Gasteiger partial charge < -0.3 is 10.7 Å². The molecule has 2 amide bonds. The largest absolute Gasteiger partial charge is 0.349 e. The van der Waals surface area contributed by atoms with Crippen LogP contribution in [0.3, 0.4) is 0 Å². The van der Waals surface area contributed by atoms with Crippen LogP contribution in [-0.4, -0.2) is 16.7 Å². The summed E-state index contributed by atoms with van der Waals surface area (Å²) in [5, 5.41) is 13.4. The first-order valence-electron chi connectivity index (χ1n) is 8.30. The van der Waals surface area contributed by atoms with Crippen LogP contribution >= 0.6 is 11.6 Å². The zero-order chi connectivity index (χ0) is 20.7. The molecule has 2 aromatic rings. The van der Waals surface area contributed by atoms with Crippen molar-refractivity contribution in [3.8, 4) is 0 Å². The van der Waals surface area contributed by atoms with E-state index in [4.69, 9.17) is 11.6 Å². The lowest BCUT2D eigenvalue weighted by atomic mass is 10.1. The van der Waals surface area contributed by atoms with Crippen LogP contribution in [0.1, 0.15) is 35.3 Å². The highest BCUT2D eigenvalue weighted by Crippen LogP contribution is 2.24. The molecule has 0 aliphatic carbocycles. The van der Waals surface area contributed by atoms with Gasteiger partial charge in [0.1, 0.15) is 5.02 Å². The van der Waals surface area contributed by atoms with Crippen LogP contribution in [0.2, 0.25) is 5.02 Å². The molecule has 2 rings (SSSR count). The van der Waals surface area contributed by atoms with E-state index in [1.807, 2.05) is 37.3 Å². The first-order valence-corrected chi connectivity index (χ1v) is 8.68. The third-order valence-corrected chi connectivity index (χ3v) is 4.11. The van der Waals surface area contributed by atoms with Gasteiger partial charge in [-0.1, -0.05) is 48.5 Å². The maximum absolute atomic E-state index is 12.1. The lowest BCUT2D eigenvalue weighted by molar-refractivity contribution is -0.384. The summed E-state index contributed by atoms with van der Waals surface area (Å²) in [6.45, 7) is 5.56. The first kappa shape index (κ1) is 20.9. The van der Waals surface area contributed by atoms with E-state index in [1.165, 1.54) is 12.1 Å². The van der Waals surface area contributed by atoms with E-state index in [2.05, 4.69) is 22.7 Å². The summed E-state index contributed by atoms with van der Waals surface area (Å²) in [6, 6.07) is 12.9. The second-order valence-corrected chi connectivity index (χ2v) is 6.39. The Bertz CT molecular complexity index is 902. The fourth-order valence-electron chi connectivity index (χ4n) is 2.37. The number of carbonyl (C=O) groups is 2.